The van der Waals surface area contributed by atoms with Gasteiger partial charge in [-0.2, -0.15) is 0 Å². The van der Waals surface area contributed by atoms with Crippen molar-refractivity contribution in [1.82, 2.24) is 14.9 Å². The standard InChI is InChI=1S/C31H29N3O2/c1-36-29-14-8-5-11-26(29)22-34-28-13-7-6-12-27(28)33-30(34)19-20-32-31(35)21-23-15-17-25(18-16-23)24-9-3-2-4-10-24/h2-18H,19-22H2,1H3,(H,32,35). The molecule has 180 valence electrons. The van der Waals surface area contributed by atoms with E-state index in [1.54, 1.807) is 7.11 Å². The quantitative estimate of drug-likeness (QED) is 0.299. The number of fused-ring (bicyclic) bond motifs is 1. The Hall–Kier alpha value is -4.38. The third kappa shape index (κ3) is 5.31. The molecule has 0 spiro atoms. The maximum absolute atomic E-state index is 12.6. The van der Waals surface area contributed by atoms with E-state index in [0.717, 1.165) is 39.3 Å². The van der Waals surface area contributed by atoms with Crippen molar-refractivity contribution in [3.63, 3.8) is 0 Å². The third-order valence-corrected chi connectivity index (χ3v) is 6.35. The molecule has 0 aliphatic heterocycles. The van der Waals surface area contributed by atoms with Crippen molar-refractivity contribution < 1.29 is 9.53 Å². The zero-order valence-corrected chi connectivity index (χ0v) is 20.4. The van der Waals surface area contributed by atoms with E-state index in [-0.39, 0.29) is 5.91 Å². The van der Waals surface area contributed by atoms with Crippen LogP contribution in [0.3, 0.4) is 0 Å². The van der Waals surface area contributed by atoms with Crippen LogP contribution in [0.25, 0.3) is 22.2 Å². The van der Waals surface area contributed by atoms with Gasteiger partial charge < -0.3 is 14.6 Å². The number of methoxy groups -OCH3 is 1. The van der Waals surface area contributed by atoms with Crippen molar-refractivity contribution >= 4 is 16.9 Å². The maximum atomic E-state index is 12.6. The van der Waals surface area contributed by atoms with Crippen LogP contribution in [0.4, 0.5) is 0 Å². The molecule has 0 unspecified atom stereocenters. The lowest BCUT2D eigenvalue weighted by Gasteiger charge is -2.13. The first kappa shape index (κ1) is 23.4. The molecule has 5 nitrogen and oxygen atoms in total. The summed E-state index contributed by atoms with van der Waals surface area (Å²) in [5, 5.41) is 3.07. The molecule has 0 atom stereocenters. The Labute approximate surface area is 211 Å². The van der Waals surface area contributed by atoms with Crippen LogP contribution in [0.5, 0.6) is 5.75 Å². The molecule has 0 aliphatic rings. The number of hydrogen-bond acceptors (Lipinski definition) is 3. The summed E-state index contributed by atoms with van der Waals surface area (Å²) in [5.41, 5.74) is 6.43. The zero-order chi connectivity index (χ0) is 24.7. The summed E-state index contributed by atoms with van der Waals surface area (Å²) >= 11 is 0. The van der Waals surface area contributed by atoms with Crippen LogP contribution in [-0.2, 0) is 24.2 Å². The molecular weight excluding hydrogens is 446 g/mol. The first-order chi connectivity index (χ1) is 17.7. The lowest BCUT2D eigenvalue weighted by atomic mass is 10.0. The number of imidazole rings is 1. The van der Waals surface area contributed by atoms with E-state index in [9.17, 15) is 4.79 Å². The molecule has 5 rings (SSSR count). The fourth-order valence-corrected chi connectivity index (χ4v) is 4.50. The second-order valence-corrected chi connectivity index (χ2v) is 8.75. The normalized spacial score (nSPS) is 10.9. The van der Waals surface area contributed by atoms with E-state index in [4.69, 9.17) is 9.72 Å². The highest BCUT2D eigenvalue weighted by Crippen LogP contribution is 2.23. The van der Waals surface area contributed by atoms with Crippen LogP contribution in [0, 0.1) is 0 Å². The first-order valence-corrected chi connectivity index (χ1v) is 12.2. The molecule has 1 amide bonds. The number of aromatic nitrogens is 2. The minimum atomic E-state index is 0.00912. The Bertz CT molecular complexity index is 1460. The van der Waals surface area contributed by atoms with Crippen LogP contribution in [0.2, 0.25) is 0 Å². The van der Waals surface area contributed by atoms with Gasteiger partial charge in [0.05, 0.1) is 31.1 Å². The van der Waals surface area contributed by atoms with Crippen LogP contribution >= 0.6 is 0 Å². The molecular formula is C31H29N3O2. The summed E-state index contributed by atoms with van der Waals surface area (Å²) in [6, 6.07) is 34.6. The summed E-state index contributed by atoms with van der Waals surface area (Å²) in [7, 11) is 1.69. The number of hydrogen-bond donors (Lipinski definition) is 1. The monoisotopic (exact) mass is 475 g/mol. The molecule has 0 bridgehead atoms. The van der Waals surface area contributed by atoms with E-state index in [1.807, 2.05) is 66.7 Å². The molecule has 36 heavy (non-hydrogen) atoms. The van der Waals surface area contributed by atoms with Gasteiger partial charge in [0.1, 0.15) is 11.6 Å². The first-order valence-electron chi connectivity index (χ1n) is 12.2. The van der Waals surface area contributed by atoms with E-state index in [2.05, 4.69) is 46.3 Å². The second-order valence-electron chi connectivity index (χ2n) is 8.75. The van der Waals surface area contributed by atoms with Gasteiger partial charge in [0.15, 0.2) is 0 Å². The molecule has 5 heteroatoms. The Kier molecular flexibility index (Phi) is 7.08. The van der Waals surface area contributed by atoms with Gasteiger partial charge in [0.25, 0.3) is 0 Å². The van der Waals surface area contributed by atoms with E-state index >= 15 is 0 Å². The average Bonchev–Trinajstić information content (AvgIpc) is 3.27. The van der Waals surface area contributed by atoms with Crippen molar-refractivity contribution in [2.75, 3.05) is 13.7 Å². The number of nitrogens with one attached hydrogen (secondary N) is 1. The van der Waals surface area contributed by atoms with Gasteiger partial charge in [0, 0.05) is 18.5 Å². The smallest absolute Gasteiger partial charge is 0.224 e. The molecule has 1 N–H and O–H groups in total. The number of rotatable bonds is 9. The van der Waals surface area contributed by atoms with Crippen LogP contribution in [-0.4, -0.2) is 29.1 Å². The topological polar surface area (TPSA) is 56.1 Å². The molecule has 4 aromatic carbocycles. The lowest BCUT2D eigenvalue weighted by molar-refractivity contribution is -0.120. The van der Waals surface area contributed by atoms with Gasteiger partial charge in [-0.3, -0.25) is 4.79 Å². The summed E-state index contributed by atoms with van der Waals surface area (Å²) in [6.07, 6.45) is 0.995. The highest BCUT2D eigenvalue weighted by Gasteiger charge is 2.13. The minimum absolute atomic E-state index is 0.00912. The van der Waals surface area contributed by atoms with Crippen molar-refractivity contribution in [2.24, 2.45) is 0 Å². The summed E-state index contributed by atoms with van der Waals surface area (Å²) in [5.74, 6) is 1.80. The zero-order valence-electron chi connectivity index (χ0n) is 20.4. The molecule has 0 radical (unpaired) electrons. The third-order valence-electron chi connectivity index (χ3n) is 6.35. The average molecular weight is 476 g/mol. The summed E-state index contributed by atoms with van der Waals surface area (Å²) < 4.78 is 7.77. The van der Waals surface area contributed by atoms with Gasteiger partial charge >= 0.3 is 0 Å². The Balaban J connectivity index is 1.24. The van der Waals surface area contributed by atoms with E-state index in [0.29, 0.717) is 25.9 Å². The molecule has 0 saturated heterocycles. The highest BCUT2D eigenvalue weighted by atomic mass is 16.5. The van der Waals surface area contributed by atoms with E-state index in [1.165, 1.54) is 5.56 Å². The van der Waals surface area contributed by atoms with Crippen molar-refractivity contribution in [1.29, 1.82) is 0 Å². The number of ether oxygens (including phenoxy) is 1. The van der Waals surface area contributed by atoms with Crippen LogP contribution < -0.4 is 10.1 Å². The molecule has 1 heterocycles. The molecule has 5 aromatic rings. The Morgan fingerprint density at radius 3 is 2.33 bits per heavy atom. The summed E-state index contributed by atoms with van der Waals surface area (Å²) in [6.45, 7) is 1.18. The Morgan fingerprint density at radius 2 is 1.53 bits per heavy atom. The fourth-order valence-electron chi connectivity index (χ4n) is 4.50. The molecule has 0 fully saturated rings. The number of para-hydroxylation sites is 3. The predicted octanol–water partition coefficient (Wildman–Crippen LogP) is 5.66. The minimum Gasteiger partial charge on any atom is -0.496 e. The lowest BCUT2D eigenvalue weighted by Crippen LogP contribution is -2.28. The molecule has 1 aromatic heterocycles. The van der Waals surface area contributed by atoms with Gasteiger partial charge in [-0.15, -0.1) is 0 Å². The Morgan fingerprint density at radius 1 is 0.833 bits per heavy atom. The van der Waals surface area contributed by atoms with Gasteiger partial charge in [0.2, 0.25) is 5.91 Å². The predicted molar refractivity (Wildman–Crippen MR) is 144 cm³/mol. The fraction of sp³-hybridized carbons (Fsp3) is 0.161. The van der Waals surface area contributed by atoms with Crippen molar-refractivity contribution in [3.05, 3.63) is 120 Å². The second kappa shape index (κ2) is 10.9. The highest BCUT2D eigenvalue weighted by molar-refractivity contribution is 5.79. The number of carbonyl (C=O) groups excluding carboxylic acids is 1. The van der Waals surface area contributed by atoms with E-state index < -0.39 is 0 Å². The molecule has 0 saturated carbocycles. The largest absolute Gasteiger partial charge is 0.496 e. The number of nitrogens with zero attached hydrogens (tertiary/aromatic N) is 2. The summed E-state index contributed by atoms with van der Waals surface area (Å²) in [4.78, 5) is 17.5. The van der Waals surface area contributed by atoms with Crippen LogP contribution in [0.1, 0.15) is 17.0 Å². The van der Waals surface area contributed by atoms with Gasteiger partial charge in [-0.25, -0.2) is 4.98 Å². The SMILES string of the molecule is COc1ccccc1Cn1c(CCNC(=O)Cc2ccc(-c3ccccc3)cc2)nc2ccccc21. The number of amides is 1. The molecule has 0 aliphatic carbocycles. The van der Waals surface area contributed by atoms with Crippen molar-refractivity contribution in [2.45, 2.75) is 19.4 Å². The van der Waals surface area contributed by atoms with Crippen LogP contribution in [0.15, 0.2) is 103 Å². The van der Waals surface area contributed by atoms with Gasteiger partial charge in [-0.05, 0) is 34.9 Å². The maximum Gasteiger partial charge on any atom is 0.224 e. The van der Waals surface area contributed by atoms with Gasteiger partial charge in [-0.1, -0.05) is 84.9 Å². The number of carbonyl (C=O) groups is 1. The number of benzene rings is 4. The van der Waals surface area contributed by atoms with Crippen molar-refractivity contribution in [3.8, 4) is 16.9 Å².